The molecular formula is C15H17Br2NS. The van der Waals surface area contributed by atoms with Crippen LogP contribution in [0.1, 0.15) is 31.2 Å². The summed E-state index contributed by atoms with van der Waals surface area (Å²) in [5.74, 6) is 0. The molecule has 0 saturated heterocycles. The second-order valence-electron chi connectivity index (χ2n) is 4.50. The van der Waals surface area contributed by atoms with Gasteiger partial charge < -0.3 is 5.32 Å². The van der Waals surface area contributed by atoms with Crippen LogP contribution in [-0.4, -0.2) is 6.54 Å². The van der Waals surface area contributed by atoms with E-state index in [1.54, 1.807) is 0 Å². The highest BCUT2D eigenvalue weighted by Crippen LogP contribution is 2.36. The summed E-state index contributed by atoms with van der Waals surface area (Å²) in [5, 5.41) is 3.53. The Kier molecular flexibility index (Phi) is 5.63. The molecular weight excluding hydrogens is 386 g/mol. The highest BCUT2D eigenvalue weighted by molar-refractivity contribution is 9.11. The van der Waals surface area contributed by atoms with Gasteiger partial charge in [0.25, 0.3) is 0 Å². The van der Waals surface area contributed by atoms with Gasteiger partial charge in [-0.3, -0.25) is 0 Å². The summed E-state index contributed by atoms with van der Waals surface area (Å²) in [7, 11) is 0. The Morgan fingerprint density at radius 2 is 2.00 bits per heavy atom. The molecule has 0 fully saturated rings. The summed E-state index contributed by atoms with van der Waals surface area (Å²) in [4.78, 5) is 2.69. The molecule has 19 heavy (non-hydrogen) atoms. The molecule has 0 aliphatic carbocycles. The molecule has 0 saturated carbocycles. The standard InChI is InChI=1S/C15H17Br2NS/c1-3-8-18-10(2)14-6-7-15(19-14)12-5-4-11(16)9-13(12)17/h4-7,9-10,18H,3,8H2,1-2H3. The van der Waals surface area contributed by atoms with Crippen LogP contribution in [-0.2, 0) is 0 Å². The zero-order chi connectivity index (χ0) is 13.8. The first-order chi connectivity index (χ1) is 9.11. The van der Waals surface area contributed by atoms with Crippen molar-refractivity contribution < 1.29 is 0 Å². The maximum absolute atomic E-state index is 3.63. The minimum absolute atomic E-state index is 0.424. The van der Waals surface area contributed by atoms with Gasteiger partial charge in [-0.15, -0.1) is 11.3 Å². The fourth-order valence-corrected chi connectivity index (χ4v) is 4.35. The quantitative estimate of drug-likeness (QED) is 0.646. The fourth-order valence-electron chi connectivity index (χ4n) is 1.88. The van der Waals surface area contributed by atoms with Gasteiger partial charge in [0.15, 0.2) is 0 Å². The van der Waals surface area contributed by atoms with Crippen molar-refractivity contribution in [2.24, 2.45) is 0 Å². The molecule has 2 aromatic rings. The highest BCUT2D eigenvalue weighted by atomic mass is 79.9. The number of rotatable bonds is 5. The van der Waals surface area contributed by atoms with Crippen molar-refractivity contribution in [2.45, 2.75) is 26.3 Å². The molecule has 0 aliphatic rings. The van der Waals surface area contributed by atoms with Crippen molar-refractivity contribution in [3.05, 3.63) is 44.2 Å². The van der Waals surface area contributed by atoms with Crippen molar-refractivity contribution in [1.29, 1.82) is 0 Å². The number of nitrogens with one attached hydrogen (secondary N) is 1. The van der Waals surface area contributed by atoms with Crippen molar-refractivity contribution in [3.8, 4) is 10.4 Å². The normalized spacial score (nSPS) is 12.6. The monoisotopic (exact) mass is 401 g/mol. The summed E-state index contributed by atoms with van der Waals surface area (Å²) in [6, 6.07) is 11.2. The number of hydrogen-bond donors (Lipinski definition) is 1. The summed E-state index contributed by atoms with van der Waals surface area (Å²) in [6.45, 7) is 5.48. The van der Waals surface area contributed by atoms with Crippen LogP contribution < -0.4 is 5.32 Å². The minimum atomic E-state index is 0.424. The number of thiophene rings is 1. The van der Waals surface area contributed by atoms with E-state index in [4.69, 9.17) is 0 Å². The van der Waals surface area contributed by atoms with Crippen molar-refractivity contribution in [1.82, 2.24) is 5.32 Å². The zero-order valence-electron chi connectivity index (χ0n) is 11.0. The van der Waals surface area contributed by atoms with E-state index >= 15 is 0 Å². The maximum atomic E-state index is 3.63. The lowest BCUT2D eigenvalue weighted by Gasteiger charge is -2.10. The molecule has 1 atom stereocenters. The zero-order valence-corrected chi connectivity index (χ0v) is 15.0. The third-order valence-corrected chi connectivity index (χ3v) is 5.40. The molecule has 102 valence electrons. The molecule has 0 amide bonds. The number of halogens is 2. The molecule has 0 aliphatic heterocycles. The van der Waals surface area contributed by atoms with Gasteiger partial charge in [0.2, 0.25) is 0 Å². The van der Waals surface area contributed by atoms with Crippen LogP contribution in [0.2, 0.25) is 0 Å². The van der Waals surface area contributed by atoms with Crippen LogP contribution in [0, 0.1) is 0 Å². The Balaban J connectivity index is 2.20. The van der Waals surface area contributed by atoms with E-state index < -0.39 is 0 Å². The van der Waals surface area contributed by atoms with Gasteiger partial charge in [-0.25, -0.2) is 0 Å². The van der Waals surface area contributed by atoms with Gasteiger partial charge in [0.1, 0.15) is 0 Å². The lowest BCUT2D eigenvalue weighted by atomic mass is 10.2. The molecule has 0 spiro atoms. The summed E-state index contributed by atoms with van der Waals surface area (Å²) in [6.07, 6.45) is 1.17. The first-order valence-corrected chi connectivity index (χ1v) is 8.80. The lowest BCUT2D eigenvalue weighted by Crippen LogP contribution is -2.18. The van der Waals surface area contributed by atoms with Gasteiger partial charge >= 0.3 is 0 Å². The Morgan fingerprint density at radius 1 is 1.21 bits per heavy atom. The third-order valence-electron chi connectivity index (χ3n) is 2.95. The van der Waals surface area contributed by atoms with Gasteiger partial charge in [-0.1, -0.05) is 44.8 Å². The third kappa shape index (κ3) is 3.91. The highest BCUT2D eigenvalue weighted by Gasteiger charge is 2.10. The molecule has 0 bridgehead atoms. The fraction of sp³-hybridized carbons (Fsp3) is 0.333. The predicted octanol–water partition coefficient (Wildman–Crippen LogP) is 6.00. The Bertz CT molecular complexity index is 551. The largest absolute Gasteiger partial charge is 0.309 e. The maximum Gasteiger partial charge on any atom is 0.0386 e. The van der Waals surface area contributed by atoms with E-state index in [1.807, 2.05) is 11.3 Å². The molecule has 1 aromatic carbocycles. The molecule has 4 heteroatoms. The predicted molar refractivity (Wildman–Crippen MR) is 91.9 cm³/mol. The topological polar surface area (TPSA) is 12.0 Å². The van der Waals surface area contributed by atoms with Gasteiger partial charge in [0, 0.05) is 30.3 Å². The van der Waals surface area contributed by atoms with Gasteiger partial charge in [0.05, 0.1) is 0 Å². The smallest absolute Gasteiger partial charge is 0.0386 e. The Morgan fingerprint density at radius 3 is 2.68 bits per heavy atom. The second-order valence-corrected chi connectivity index (χ2v) is 7.39. The molecule has 0 radical (unpaired) electrons. The Labute approximate surface area is 135 Å². The average molecular weight is 403 g/mol. The summed E-state index contributed by atoms with van der Waals surface area (Å²) >= 11 is 8.98. The SMILES string of the molecule is CCCNC(C)c1ccc(-c2ccc(Br)cc2Br)s1. The van der Waals surface area contributed by atoms with E-state index in [9.17, 15) is 0 Å². The van der Waals surface area contributed by atoms with E-state index in [1.165, 1.54) is 21.7 Å². The average Bonchev–Trinajstić information content (AvgIpc) is 2.85. The van der Waals surface area contributed by atoms with Crippen LogP contribution in [0.25, 0.3) is 10.4 Å². The summed E-state index contributed by atoms with van der Waals surface area (Å²) in [5.41, 5.74) is 1.25. The van der Waals surface area contributed by atoms with Crippen molar-refractivity contribution in [2.75, 3.05) is 6.54 Å². The molecule has 2 rings (SSSR count). The van der Waals surface area contributed by atoms with E-state index in [0.717, 1.165) is 15.5 Å². The molecule has 1 N–H and O–H groups in total. The van der Waals surface area contributed by atoms with E-state index in [-0.39, 0.29) is 0 Å². The second kappa shape index (κ2) is 7.02. The van der Waals surface area contributed by atoms with Crippen molar-refractivity contribution >= 4 is 43.2 Å². The molecule has 1 aromatic heterocycles. The summed E-state index contributed by atoms with van der Waals surface area (Å²) < 4.78 is 2.22. The van der Waals surface area contributed by atoms with Crippen LogP contribution in [0.15, 0.2) is 39.3 Å². The number of benzene rings is 1. The van der Waals surface area contributed by atoms with Crippen molar-refractivity contribution in [3.63, 3.8) is 0 Å². The van der Waals surface area contributed by atoms with Crippen LogP contribution >= 0.6 is 43.2 Å². The van der Waals surface area contributed by atoms with Gasteiger partial charge in [-0.05, 0) is 44.2 Å². The van der Waals surface area contributed by atoms with Crippen LogP contribution in [0.5, 0.6) is 0 Å². The number of hydrogen-bond acceptors (Lipinski definition) is 2. The van der Waals surface area contributed by atoms with Gasteiger partial charge in [-0.2, -0.15) is 0 Å². The Hall–Kier alpha value is -0.160. The first kappa shape index (κ1) is 15.2. The molecule has 1 nitrogen and oxygen atoms in total. The van der Waals surface area contributed by atoms with Crippen LogP contribution in [0.3, 0.4) is 0 Å². The first-order valence-electron chi connectivity index (χ1n) is 6.40. The van der Waals surface area contributed by atoms with E-state index in [0.29, 0.717) is 6.04 Å². The van der Waals surface area contributed by atoms with E-state index in [2.05, 4.69) is 81.4 Å². The molecule has 1 unspecified atom stereocenters. The lowest BCUT2D eigenvalue weighted by molar-refractivity contribution is 0.578. The minimum Gasteiger partial charge on any atom is -0.309 e. The van der Waals surface area contributed by atoms with Crippen LogP contribution in [0.4, 0.5) is 0 Å². The molecule has 1 heterocycles.